The van der Waals surface area contributed by atoms with E-state index in [0.717, 1.165) is 55.2 Å². The number of aromatic nitrogens is 4. The van der Waals surface area contributed by atoms with Gasteiger partial charge in [0.1, 0.15) is 0 Å². The number of rotatable bonds is 5. The topological polar surface area (TPSA) is 35.6 Å². The largest absolute Gasteiger partial charge is 0.308 e. The molecule has 10 rings (SSSR count). The Bertz CT molecular complexity index is 2820. The Balaban J connectivity index is 1.04. The fourth-order valence-electron chi connectivity index (χ4n) is 7.51. The van der Waals surface area contributed by atoms with Gasteiger partial charge in [0.05, 0.1) is 33.1 Å². The number of benzene rings is 6. The van der Waals surface area contributed by atoms with Crippen molar-refractivity contribution in [2.45, 2.75) is 0 Å². The molecule has 0 fully saturated rings. The summed E-state index contributed by atoms with van der Waals surface area (Å²) in [6, 6.07) is 60.6. The average molecular weight is 639 g/mol. The van der Waals surface area contributed by atoms with Gasteiger partial charge in [0.15, 0.2) is 0 Å². The van der Waals surface area contributed by atoms with E-state index in [0.29, 0.717) is 0 Å². The molecule has 234 valence electrons. The average Bonchev–Trinajstić information content (AvgIpc) is 3.71. The van der Waals surface area contributed by atoms with Crippen LogP contribution < -0.4 is 0 Å². The number of nitrogens with zero attached hydrogens (tertiary/aromatic N) is 4. The van der Waals surface area contributed by atoms with Gasteiger partial charge in [0.2, 0.25) is 0 Å². The van der Waals surface area contributed by atoms with Crippen LogP contribution in [-0.2, 0) is 0 Å². The molecule has 0 saturated heterocycles. The first kappa shape index (κ1) is 28.3. The summed E-state index contributed by atoms with van der Waals surface area (Å²) in [6.45, 7) is 0. The minimum atomic E-state index is 1.01. The van der Waals surface area contributed by atoms with E-state index in [1.807, 2.05) is 24.5 Å². The second kappa shape index (κ2) is 11.4. The molecule has 4 heteroatoms. The molecule has 4 aromatic heterocycles. The summed E-state index contributed by atoms with van der Waals surface area (Å²) >= 11 is 0. The second-order valence-electron chi connectivity index (χ2n) is 12.7. The van der Waals surface area contributed by atoms with Crippen LogP contribution in [0.25, 0.3) is 88.6 Å². The number of fused-ring (bicyclic) bond motifs is 6. The lowest BCUT2D eigenvalue weighted by molar-refractivity contribution is 1.18. The van der Waals surface area contributed by atoms with Crippen molar-refractivity contribution in [3.05, 3.63) is 182 Å². The number of hydrogen-bond acceptors (Lipinski definition) is 2. The van der Waals surface area contributed by atoms with E-state index < -0.39 is 0 Å². The van der Waals surface area contributed by atoms with Crippen molar-refractivity contribution in [1.29, 1.82) is 0 Å². The molecule has 10 aromatic rings. The highest BCUT2D eigenvalue weighted by Crippen LogP contribution is 2.36. The quantitative estimate of drug-likeness (QED) is 0.188. The van der Waals surface area contributed by atoms with E-state index in [2.05, 4.69) is 167 Å². The summed E-state index contributed by atoms with van der Waals surface area (Å²) in [6.07, 6.45) is 3.75. The van der Waals surface area contributed by atoms with Gasteiger partial charge in [-0.3, -0.25) is 9.97 Å². The molecular formula is C46H30N4. The molecular weight excluding hydrogens is 609 g/mol. The summed E-state index contributed by atoms with van der Waals surface area (Å²) in [5.41, 5.74) is 15.8. The predicted octanol–water partition coefficient (Wildman–Crippen LogP) is 11.7. The van der Waals surface area contributed by atoms with Gasteiger partial charge in [-0.25, -0.2) is 0 Å². The Hall–Kier alpha value is -6.78. The van der Waals surface area contributed by atoms with Gasteiger partial charge in [-0.05, 0) is 112 Å². The molecule has 6 aromatic carbocycles. The Labute approximate surface area is 289 Å². The van der Waals surface area contributed by atoms with Gasteiger partial charge in [-0.1, -0.05) is 91.0 Å². The van der Waals surface area contributed by atoms with Crippen LogP contribution in [-0.4, -0.2) is 19.1 Å². The molecule has 0 spiro atoms. The molecule has 4 heterocycles. The molecule has 0 unspecified atom stereocenters. The molecule has 0 atom stereocenters. The van der Waals surface area contributed by atoms with Crippen LogP contribution >= 0.6 is 0 Å². The van der Waals surface area contributed by atoms with E-state index in [-0.39, 0.29) is 0 Å². The molecule has 0 aliphatic heterocycles. The minimum Gasteiger partial charge on any atom is -0.308 e. The lowest BCUT2D eigenvalue weighted by atomic mass is 9.95. The summed E-state index contributed by atoms with van der Waals surface area (Å²) in [5, 5.41) is 2.31. The van der Waals surface area contributed by atoms with Crippen LogP contribution in [0.2, 0.25) is 0 Å². The van der Waals surface area contributed by atoms with Crippen LogP contribution in [0, 0.1) is 0 Å². The van der Waals surface area contributed by atoms with Gasteiger partial charge < -0.3 is 9.13 Å². The molecule has 0 aliphatic rings. The third kappa shape index (κ3) is 4.54. The molecule has 0 radical (unpaired) electrons. The summed E-state index contributed by atoms with van der Waals surface area (Å²) in [7, 11) is 0. The van der Waals surface area contributed by atoms with E-state index in [9.17, 15) is 0 Å². The molecule has 0 aliphatic carbocycles. The van der Waals surface area contributed by atoms with Crippen molar-refractivity contribution in [2.24, 2.45) is 0 Å². The predicted molar refractivity (Wildman–Crippen MR) is 207 cm³/mol. The standard InChI is InChI=1S/C46H30N4/c1-2-16-37(17-3-1)49-42-24-23-36(30-40(42)46-44(49)22-10-26-48-46)34-14-7-12-32(28-34)31-11-6-13-33(27-31)35-15-8-18-38(29-35)50-41-20-5-4-19-39(41)45-43(50)21-9-25-47-45/h1-30H. The fourth-order valence-corrected chi connectivity index (χ4v) is 7.51. The lowest BCUT2D eigenvalue weighted by Crippen LogP contribution is -1.94. The Kier molecular flexibility index (Phi) is 6.46. The highest BCUT2D eigenvalue weighted by Gasteiger charge is 2.15. The zero-order chi connectivity index (χ0) is 33.0. The van der Waals surface area contributed by atoms with E-state index >= 15 is 0 Å². The van der Waals surface area contributed by atoms with Gasteiger partial charge >= 0.3 is 0 Å². The smallest absolute Gasteiger partial charge is 0.0963 e. The molecule has 4 nitrogen and oxygen atoms in total. The van der Waals surface area contributed by atoms with Crippen molar-refractivity contribution in [1.82, 2.24) is 19.1 Å². The van der Waals surface area contributed by atoms with Crippen molar-refractivity contribution < 1.29 is 0 Å². The van der Waals surface area contributed by atoms with E-state index in [4.69, 9.17) is 9.97 Å². The van der Waals surface area contributed by atoms with Crippen LogP contribution in [0.15, 0.2) is 182 Å². The van der Waals surface area contributed by atoms with Gasteiger partial charge in [-0.15, -0.1) is 0 Å². The molecule has 0 bridgehead atoms. The van der Waals surface area contributed by atoms with E-state index in [1.165, 1.54) is 33.4 Å². The summed E-state index contributed by atoms with van der Waals surface area (Å²) in [5.74, 6) is 0. The maximum atomic E-state index is 4.82. The molecule has 0 saturated carbocycles. The summed E-state index contributed by atoms with van der Waals surface area (Å²) in [4.78, 5) is 9.55. The normalized spacial score (nSPS) is 11.6. The van der Waals surface area contributed by atoms with Crippen LogP contribution in [0.3, 0.4) is 0 Å². The Morgan fingerprint density at radius 2 is 0.780 bits per heavy atom. The minimum absolute atomic E-state index is 1.01. The van der Waals surface area contributed by atoms with E-state index in [1.54, 1.807) is 0 Å². The number of para-hydroxylation sites is 2. The monoisotopic (exact) mass is 638 g/mol. The molecule has 50 heavy (non-hydrogen) atoms. The Morgan fingerprint density at radius 3 is 1.46 bits per heavy atom. The highest BCUT2D eigenvalue weighted by molar-refractivity contribution is 6.09. The second-order valence-corrected chi connectivity index (χ2v) is 12.7. The van der Waals surface area contributed by atoms with Gasteiger partial charge in [-0.2, -0.15) is 0 Å². The zero-order valence-electron chi connectivity index (χ0n) is 27.1. The third-order valence-electron chi connectivity index (χ3n) is 9.79. The Morgan fingerprint density at radius 1 is 0.300 bits per heavy atom. The van der Waals surface area contributed by atoms with Crippen LogP contribution in [0.1, 0.15) is 0 Å². The molecule has 0 amide bonds. The maximum Gasteiger partial charge on any atom is 0.0963 e. The van der Waals surface area contributed by atoms with Gasteiger partial charge in [0, 0.05) is 34.5 Å². The first-order valence-corrected chi connectivity index (χ1v) is 16.9. The molecule has 0 N–H and O–H groups in total. The zero-order valence-corrected chi connectivity index (χ0v) is 27.1. The van der Waals surface area contributed by atoms with Crippen molar-refractivity contribution in [3.63, 3.8) is 0 Å². The highest BCUT2D eigenvalue weighted by atomic mass is 15.0. The van der Waals surface area contributed by atoms with Crippen molar-refractivity contribution >= 4 is 43.9 Å². The summed E-state index contributed by atoms with van der Waals surface area (Å²) < 4.78 is 4.62. The fraction of sp³-hybridized carbons (Fsp3) is 0. The van der Waals surface area contributed by atoms with Crippen LogP contribution in [0.4, 0.5) is 0 Å². The SMILES string of the molecule is c1ccc(-n2c3ccc(-c4cccc(-c5cccc(-c6cccc(-n7c8ccccc8c8ncccc87)c6)c5)c4)cc3c3ncccc32)cc1. The van der Waals surface area contributed by atoms with Gasteiger partial charge in [0.25, 0.3) is 0 Å². The van der Waals surface area contributed by atoms with Crippen molar-refractivity contribution in [2.75, 3.05) is 0 Å². The number of pyridine rings is 2. The number of hydrogen-bond donors (Lipinski definition) is 0. The first-order valence-electron chi connectivity index (χ1n) is 16.9. The van der Waals surface area contributed by atoms with Crippen LogP contribution in [0.5, 0.6) is 0 Å². The maximum absolute atomic E-state index is 4.82. The third-order valence-corrected chi connectivity index (χ3v) is 9.79. The lowest BCUT2D eigenvalue weighted by Gasteiger charge is -2.12. The van der Waals surface area contributed by atoms with Crippen molar-refractivity contribution in [3.8, 4) is 44.8 Å². The first-order chi connectivity index (χ1) is 24.8.